The number of pyridine rings is 1. The Kier molecular flexibility index (Phi) is 3.95. The summed E-state index contributed by atoms with van der Waals surface area (Å²) in [7, 11) is 0. The van der Waals surface area contributed by atoms with E-state index < -0.39 is 0 Å². The van der Waals surface area contributed by atoms with Crippen LogP contribution in [0.4, 0.5) is 11.5 Å². The number of amides is 1. The molecule has 1 aromatic rings. The number of carbonyl (C=O) groups excluding carboxylic acids is 1. The minimum absolute atomic E-state index is 0.161. The van der Waals surface area contributed by atoms with Crippen molar-refractivity contribution in [3.05, 3.63) is 18.3 Å². The summed E-state index contributed by atoms with van der Waals surface area (Å²) in [6.07, 6.45) is 5.06. The molecule has 0 radical (unpaired) electrons. The third kappa shape index (κ3) is 2.93. The van der Waals surface area contributed by atoms with E-state index in [0.717, 1.165) is 56.9 Å². The topological polar surface area (TPSA) is 66.5 Å². The second-order valence-electron chi connectivity index (χ2n) is 6.83. The highest BCUT2D eigenvalue weighted by atomic mass is 16.5. The van der Waals surface area contributed by atoms with Crippen molar-refractivity contribution in [1.82, 2.24) is 10.3 Å². The van der Waals surface area contributed by atoms with Crippen LogP contribution in [-0.4, -0.2) is 50.3 Å². The van der Waals surface area contributed by atoms with Crippen LogP contribution < -0.4 is 15.5 Å². The highest BCUT2D eigenvalue weighted by molar-refractivity contribution is 5.97. The summed E-state index contributed by atoms with van der Waals surface area (Å²) in [4.78, 5) is 19.4. The molecule has 3 aliphatic rings. The van der Waals surface area contributed by atoms with Gasteiger partial charge in [-0.2, -0.15) is 0 Å². The second kappa shape index (κ2) is 6.09. The Hall–Kier alpha value is -1.66. The van der Waals surface area contributed by atoms with Gasteiger partial charge in [-0.05, 0) is 49.9 Å². The van der Waals surface area contributed by atoms with Crippen LogP contribution in [0, 0.1) is 11.3 Å². The zero-order valence-electron chi connectivity index (χ0n) is 13.4. The molecule has 2 aliphatic heterocycles. The van der Waals surface area contributed by atoms with Crippen LogP contribution in [0.5, 0.6) is 0 Å². The number of anilines is 2. The molecule has 1 aromatic heterocycles. The van der Waals surface area contributed by atoms with Crippen molar-refractivity contribution in [3.8, 4) is 0 Å². The maximum absolute atomic E-state index is 12.7. The molecule has 1 unspecified atom stereocenters. The van der Waals surface area contributed by atoms with Crippen LogP contribution in [0.3, 0.4) is 0 Å². The summed E-state index contributed by atoms with van der Waals surface area (Å²) in [6, 6.07) is 3.83. The van der Waals surface area contributed by atoms with E-state index in [1.54, 1.807) is 6.20 Å². The SMILES string of the molecule is O=C(Nc1cccnc1N1CCOCC1)C1CC12CCNCC2. The fraction of sp³-hybridized carbons (Fsp3) is 0.647. The van der Waals surface area contributed by atoms with Gasteiger partial charge in [0, 0.05) is 25.2 Å². The van der Waals surface area contributed by atoms with Crippen LogP contribution in [-0.2, 0) is 9.53 Å². The monoisotopic (exact) mass is 316 g/mol. The molecule has 3 fully saturated rings. The average molecular weight is 316 g/mol. The number of nitrogens with zero attached hydrogens (tertiary/aromatic N) is 2. The smallest absolute Gasteiger partial charge is 0.228 e. The van der Waals surface area contributed by atoms with E-state index in [0.29, 0.717) is 13.2 Å². The van der Waals surface area contributed by atoms with E-state index in [2.05, 4.69) is 20.5 Å². The van der Waals surface area contributed by atoms with Gasteiger partial charge in [-0.15, -0.1) is 0 Å². The molecule has 1 amide bonds. The molecule has 1 saturated carbocycles. The third-order valence-electron chi connectivity index (χ3n) is 5.46. The fourth-order valence-electron chi connectivity index (χ4n) is 3.94. The normalized spacial score (nSPS) is 26.1. The zero-order chi connectivity index (χ0) is 15.7. The minimum atomic E-state index is 0.161. The molecule has 4 rings (SSSR count). The van der Waals surface area contributed by atoms with E-state index in [-0.39, 0.29) is 17.2 Å². The van der Waals surface area contributed by atoms with Gasteiger partial charge >= 0.3 is 0 Å². The van der Waals surface area contributed by atoms with Crippen LogP contribution >= 0.6 is 0 Å². The van der Waals surface area contributed by atoms with Crippen molar-refractivity contribution in [1.29, 1.82) is 0 Å². The summed E-state index contributed by atoms with van der Waals surface area (Å²) in [6.45, 7) is 5.13. The molecule has 1 atom stereocenters. The first-order valence-electron chi connectivity index (χ1n) is 8.58. The Bertz CT molecular complexity index is 580. The van der Waals surface area contributed by atoms with E-state index in [1.165, 1.54) is 0 Å². The van der Waals surface area contributed by atoms with Gasteiger partial charge in [0.15, 0.2) is 5.82 Å². The molecule has 2 saturated heterocycles. The van der Waals surface area contributed by atoms with Gasteiger partial charge in [-0.1, -0.05) is 0 Å². The first kappa shape index (κ1) is 14.9. The number of ether oxygens (including phenoxy) is 1. The van der Waals surface area contributed by atoms with Crippen molar-refractivity contribution < 1.29 is 9.53 Å². The van der Waals surface area contributed by atoms with E-state index >= 15 is 0 Å². The molecule has 0 bridgehead atoms. The van der Waals surface area contributed by atoms with Crippen molar-refractivity contribution in [3.63, 3.8) is 0 Å². The predicted molar refractivity (Wildman–Crippen MR) is 88.5 cm³/mol. The molecule has 1 aliphatic carbocycles. The van der Waals surface area contributed by atoms with E-state index in [4.69, 9.17) is 4.74 Å². The lowest BCUT2D eigenvalue weighted by Gasteiger charge is -2.29. The molecule has 2 N–H and O–H groups in total. The first-order valence-corrected chi connectivity index (χ1v) is 8.58. The summed E-state index contributed by atoms with van der Waals surface area (Å²) in [5.41, 5.74) is 1.09. The van der Waals surface area contributed by atoms with Crippen molar-refractivity contribution in [2.24, 2.45) is 11.3 Å². The summed E-state index contributed by atoms with van der Waals surface area (Å²) in [5.74, 6) is 1.20. The summed E-state index contributed by atoms with van der Waals surface area (Å²) in [5, 5.41) is 6.52. The number of carbonyl (C=O) groups is 1. The van der Waals surface area contributed by atoms with Gasteiger partial charge in [0.05, 0.1) is 18.9 Å². The fourth-order valence-corrected chi connectivity index (χ4v) is 3.94. The number of piperidine rings is 1. The van der Waals surface area contributed by atoms with E-state index in [1.807, 2.05) is 12.1 Å². The quantitative estimate of drug-likeness (QED) is 0.878. The third-order valence-corrected chi connectivity index (χ3v) is 5.46. The Labute approximate surface area is 136 Å². The number of hydrogen-bond acceptors (Lipinski definition) is 5. The maximum atomic E-state index is 12.7. The number of aromatic nitrogens is 1. The standard InChI is InChI=1S/C17H24N4O2/c22-16(13-12-17(13)3-6-18-7-4-17)20-14-2-1-5-19-15(14)21-8-10-23-11-9-21/h1-2,5,13,18H,3-4,6-12H2,(H,20,22). The van der Waals surface area contributed by atoms with Gasteiger partial charge in [-0.3, -0.25) is 4.79 Å². The van der Waals surface area contributed by atoms with Gasteiger partial charge in [0.1, 0.15) is 0 Å². The van der Waals surface area contributed by atoms with Crippen LogP contribution in [0.1, 0.15) is 19.3 Å². The van der Waals surface area contributed by atoms with Crippen LogP contribution in [0.2, 0.25) is 0 Å². The Morgan fingerprint density at radius 2 is 2.13 bits per heavy atom. The first-order chi connectivity index (χ1) is 11.3. The van der Waals surface area contributed by atoms with Gasteiger partial charge in [-0.25, -0.2) is 4.98 Å². The maximum Gasteiger partial charge on any atom is 0.228 e. The van der Waals surface area contributed by atoms with E-state index in [9.17, 15) is 4.79 Å². The van der Waals surface area contributed by atoms with Crippen molar-refractivity contribution >= 4 is 17.4 Å². The van der Waals surface area contributed by atoms with Gasteiger partial charge in [0.25, 0.3) is 0 Å². The van der Waals surface area contributed by atoms with Gasteiger partial charge < -0.3 is 20.3 Å². The lowest BCUT2D eigenvalue weighted by Crippen LogP contribution is -2.37. The molecule has 124 valence electrons. The molecule has 1 spiro atoms. The summed E-state index contributed by atoms with van der Waals surface area (Å²) < 4.78 is 5.40. The van der Waals surface area contributed by atoms with Crippen molar-refractivity contribution in [2.45, 2.75) is 19.3 Å². The number of nitrogens with one attached hydrogen (secondary N) is 2. The lowest BCUT2D eigenvalue weighted by atomic mass is 9.92. The number of rotatable bonds is 3. The Morgan fingerprint density at radius 3 is 2.91 bits per heavy atom. The van der Waals surface area contributed by atoms with Gasteiger partial charge in [0.2, 0.25) is 5.91 Å². The number of hydrogen-bond donors (Lipinski definition) is 2. The molecule has 6 nitrogen and oxygen atoms in total. The van der Waals surface area contributed by atoms with Crippen molar-refractivity contribution in [2.75, 3.05) is 49.6 Å². The molecule has 23 heavy (non-hydrogen) atoms. The van der Waals surface area contributed by atoms with Crippen LogP contribution in [0.25, 0.3) is 0 Å². The summed E-state index contributed by atoms with van der Waals surface area (Å²) >= 11 is 0. The highest BCUT2D eigenvalue weighted by Gasteiger charge is 2.57. The average Bonchev–Trinajstić information content (AvgIpc) is 3.30. The molecule has 6 heteroatoms. The second-order valence-corrected chi connectivity index (χ2v) is 6.83. The van der Waals surface area contributed by atoms with Crippen LogP contribution in [0.15, 0.2) is 18.3 Å². The number of morpholine rings is 1. The molecule has 3 heterocycles. The molecular weight excluding hydrogens is 292 g/mol. The minimum Gasteiger partial charge on any atom is -0.378 e. The zero-order valence-corrected chi connectivity index (χ0v) is 13.4. The Balaban J connectivity index is 1.45. The Morgan fingerprint density at radius 1 is 1.35 bits per heavy atom. The largest absolute Gasteiger partial charge is 0.378 e. The molecule has 0 aromatic carbocycles. The molecular formula is C17H24N4O2. The highest BCUT2D eigenvalue weighted by Crippen LogP contribution is 2.58. The predicted octanol–water partition coefficient (Wildman–Crippen LogP) is 1.25. The lowest BCUT2D eigenvalue weighted by molar-refractivity contribution is -0.118.